The smallest absolute Gasteiger partial charge is 0.332 e. The van der Waals surface area contributed by atoms with Gasteiger partial charge < -0.3 is 9.72 Å². The Morgan fingerprint density at radius 1 is 1.16 bits per heavy atom. The van der Waals surface area contributed by atoms with Gasteiger partial charge in [-0.05, 0) is 31.6 Å². The molecule has 0 amide bonds. The molecule has 4 heterocycles. The van der Waals surface area contributed by atoms with E-state index in [0.717, 1.165) is 31.5 Å². The Morgan fingerprint density at radius 3 is 2.48 bits per heavy atom. The van der Waals surface area contributed by atoms with Gasteiger partial charge in [0.25, 0.3) is 5.56 Å². The van der Waals surface area contributed by atoms with Crippen molar-refractivity contribution >= 4 is 11.2 Å². The molecule has 6 rings (SSSR count). The molecule has 2 aliphatic heterocycles. The molecule has 2 saturated carbocycles. The van der Waals surface area contributed by atoms with Crippen molar-refractivity contribution in [2.75, 3.05) is 0 Å². The number of hydrogen-bond acceptors (Lipinski definition) is 4. The van der Waals surface area contributed by atoms with E-state index >= 15 is 0 Å². The Balaban J connectivity index is 1.66. The predicted octanol–water partition coefficient (Wildman–Crippen LogP) is 1.74. The van der Waals surface area contributed by atoms with E-state index in [9.17, 15) is 9.59 Å². The van der Waals surface area contributed by atoms with Crippen molar-refractivity contribution in [3.63, 3.8) is 0 Å². The van der Waals surface area contributed by atoms with Gasteiger partial charge in [0.05, 0.1) is 11.7 Å². The molecular formula is C18H24N4O3. The molecule has 4 unspecified atom stereocenters. The predicted molar refractivity (Wildman–Crippen MR) is 92.9 cm³/mol. The zero-order valence-corrected chi connectivity index (χ0v) is 14.7. The lowest BCUT2D eigenvalue weighted by Gasteiger charge is -2.45. The monoisotopic (exact) mass is 344 g/mol. The van der Waals surface area contributed by atoms with Crippen LogP contribution in [0.15, 0.2) is 9.59 Å². The molecule has 0 radical (unpaired) electrons. The Labute approximate surface area is 145 Å². The number of imidazole rings is 1. The van der Waals surface area contributed by atoms with Crippen molar-refractivity contribution in [3.05, 3.63) is 26.7 Å². The molecule has 7 heteroatoms. The number of aromatic amines is 1. The summed E-state index contributed by atoms with van der Waals surface area (Å²) in [6.45, 7) is 5.02. The third-order valence-corrected chi connectivity index (χ3v) is 6.29. The van der Waals surface area contributed by atoms with Crippen molar-refractivity contribution in [1.82, 2.24) is 19.1 Å². The summed E-state index contributed by atoms with van der Waals surface area (Å²) in [5, 5.41) is 0. The molecule has 1 N–H and O–H groups in total. The minimum absolute atomic E-state index is 0.0739. The van der Waals surface area contributed by atoms with Crippen LogP contribution < -0.4 is 11.2 Å². The molecule has 2 aromatic rings. The van der Waals surface area contributed by atoms with Crippen LogP contribution in [0, 0.1) is 5.92 Å². The van der Waals surface area contributed by atoms with Gasteiger partial charge in [-0.15, -0.1) is 0 Å². The summed E-state index contributed by atoms with van der Waals surface area (Å²) in [6, 6.07) is 0. The fourth-order valence-electron chi connectivity index (χ4n) is 5.28. The zero-order chi connectivity index (χ0) is 17.3. The number of ether oxygens (including phenoxy) is 1. The van der Waals surface area contributed by atoms with Gasteiger partial charge >= 0.3 is 5.69 Å². The first-order valence-corrected chi connectivity index (χ1v) is 9.48. The Bertz CT molecular complexity index is 963. The van der Waals surface area contributed by atoms with E-state index in [4.69, 9.17) is 9.72 Å². The Kier molecular flexibility index (Phi) is 3.11. The summed E-state index contributed by atoms with van der Waals surface area (Å²) in [5.74, 6) is 1.69. The number of nitrogens with zero attached hydrogens (tertiary/aromatic N) is 3. The molecule has 4 atom stereocenters. The largest absolute Gasteiger partial charge is 0.371 e. The molecule has 3 bridgehead atoms. The number of hydrogen-bond donors (Lipinski definition) is 1. The second kappa shape index (κ2) is 5.06. The second-order valence-electron chi connectivity index (χ2n) is 7.93. The maximum Gasteiger partial charge on any atom is 0.332 e. The third kappa shape index (κ3) is 1.93. The minimum atomic E-state index is -0.240. The SMILES string of the molecule is CCCn1c(=O)c2[nH]c(C3CC45CC(O4)C3C5)nc2n(CCC)c1=O. The van der Waals surface area contributed by atoms with Gasteiger partial charge in [0.2, 0.25) is 0 Å². The van der Waals surface area contributed by atoms with Crippen LogP contribution in [0.4, 0.5) is 0 Å². The van der Waals surface area contributed by atoms with Crippen molar-refractivity contribution in [3.8, 4) is 0 Å². The average molecular weight is 344 g/mol. The van der Waals surface area contributed by atoms with Gasteiger partial charge in [0.1, 0.15) is 11.3 Å². The van der Waals surface area contributed by atoms with Gasteiger partial charge in [-0.1, -0.05) is 13.8 Å². The lowest BCUT2D eigenvalue weighted by molar-refractivity contribution is -0.184. The summed E-state index contributed by atoms with van der Waals surface area (Å²) in [7, 11) is 0. The molecule has 25 heavy (non-hydrogen) atoms. The van der Waals surface area contributed by atoms with E-state index in [1.165, 1.54) is 11.0 Å². The maximum atomic E-state index is 12.8. The number of rotatable bonds is 5. The van der Waals surface area contributed by atoms with Crippen molar-refractivity contribution < 1.29 is 4.74 Å². The normalized spacial score (nSPS) is 32.5. The van der Waals surface area contributed by atoms with Crippen LogP contribution in [0.5, 0.6) is 0 Å². The molecule has 2 aromatic heterocycles. The molecule has 4 fully saturated rings. The first-order valence-electron chi connectivity index (χ1n) is 9.48. The molecule has 0 aromatic carbocycles. The van der Waals surface area contributed by atoms with E-state index in [-0.39, 0.29) is 16.9 Å². The summed E-state index contributed by atoms with van der Waals surface area (Å²) in [6.07, 6.45) is 5.21. The molecule has 2 aliphatic carbocycles. The Morgan fingerprint density at radius 2 is 1.88 bits per heavy atom. The molecule has 134 valence electrons. The highest BCUT2D eigenvalue weighted by atomic mass is 16.5. The van der Waals surface area contributed by atoms with Crippen molar-refractivity contribution in [2.24, 2.45) is 5.92 Å². The number of aromatic nitrogens is 4. The van der Waals surface area contributed by atoms with E-state index in [0.29, 0.717) is 42.2 Å². The molecular weight excluding hydrogens is 320 g/mol. The lowest BCUT2D eigenvalue weighted by Crippen LogP contribution is -2.47. The van der Waals surface area contributed by atoms with Crippen LogP contribution in [0.3, 0.4) is 0 Å². The lowest BCUT2D eigenvalue weighted by atomic mass is 9.80. The number of fused-ring (bicyclic) bond motifs is 1. The van der Waals surface area contributed by atoms with E-state index in [1.54, 1.807) is 4.57 Å². The summed E-state index contributed by atoms with van der Waals surface area (Å²) < 4.78 is 8.96. The quantitative estimate of drug-likeness (QED) is 0.896. The number of aryl methyl sites for hydroxylation is 1. The molecule has 2 saturated heterocycles. The fourth-order valence-corrected chi connectivity index (χ4v) is 5.28. The summed E-state index contributed by atoms with van der Waals surface area (Å²) >= 11 is 0. The van der Waals surface area contributed by atoms with E-state index in [1.807, 2.05) is 13.8 Å². The van der Waals surface area contributed by atoms with E-state index in [2.05, 4.69) is 4.98 Å². The van der Waals surface area contributed by atoms with Crippen LogP contribution >= 0.6 is 0 Å². The minimum Gasteiger partial charge on any atom is -0.371 e. The first-order chi connectivity index (χ1) is 12.1. The van der Waals surface area contributed by atoms with Crippen LogP contribution in [0.25, 0.3) is 11.2 Å². The molecule has 7 nitrogen and oxygen atoms in total. The molecule has 1 spiro atoms. The maximum absolute atomic E-state index is 12.8. The van der Waals surface area contributed by atoms with Gasteiger partial charge in [0, 0.05) is 25.4 Å². The third-order valence-electron chi connectivity index (χ3n) is 6.29. The highest BCUT2D eigenvalue weighted by Crippen LogP contribution is 2.65. The average Bonchev–Trinajstić information content (AvgIpc) is 3.31. The van der Waals surface area contributed by atoms with Crippen LogP contribution in [0.1, 0.15) is 57.7 Å². The second-order valence-corrected chi connectivity index (χ2v) is 7.93. The zero-order valence-electron chi connectivity index (χ0n) is 14.7. The van der Waals surface area contributed by atoms with Crippen molar-refractivity contribution in [1.29, 1.82) is 0 Å². The van der Waals surface area contributed by atoms with Crippen LogP contribution in [-0.4, -0.2) is 30.8 Å². The van der Waals surface area contributed by atoms with Gasteiger partial charge in [-0.3, -0.25) is 13.9 Å². The summed E-state index contributed by atoms with van der Waals surface area (Å²) in [5.41, 5.74) is 0.595. The molecule has 4 aliphatic rings. The topological polar surface area (TPSA) is 81.9 Å². The van der Waals surface area contributed by atoms with Crippen LogP contribution in [-0.2, 0) is 17.8 Å². The van der Waals surface area contributed by atoms with Gasteiger partial charge in [-0.25, -0.2) is 9.78 Å². The Hall–Kier alpha value is -1.89. The highest BCUT2D eigenvalue weighted by molar-refractivity contribution is 5.70. The number of nitrogens with one attached hydrogen (secondary N) is 1. The fraction of sp³-hybridized carbons (Fsp3) is 0.722. The highest BCUT2D eigenvalue weighted by Gasteiger charge is 2.66. The van der Waals surface area contributed by atoms with Gasteiger partial charge in [0.15, 0.2) is 5.65 Å². The van der Waals surface area contributed by atoms with E-state index < -0.39 is 0 Å². The standard InChI is InChI=1S/C18H24N4O3/c1-3-5-21-15-13(16(23)22(6-4-2)17(21)24)19-14(20-15)11-8-18-7-10(11)12(9-18)25-18/h10-12H,3-9H2,1-2H3,(H,19,20). The van der Waals surface area contributed by atoms with Gasteiger partial charge in [-0.2, -0.15) is 0 Å². The van der Waals surface area contributed by atoms with Crippen LogP contribution in [0.2, 0.25) is 0 Å². The first kappa shape index (κ1) is 15.4. The number of H-pyrrole nitrogens is 1. The summed E-state index contributed by atoms with van der Waals surface area (Å²) in [4.78, 5) is 33.6. The van der Waals surface area contributed by atoms with Crippen molar-refractivity contribution in [2.45, 2.75) is 76.7 Å².